The highest BCUT2D eigenvalue weighted by Gasteiger charge is 2.22. The summed E-state index contributed by atoms with van der Waals surface area (Å²) < 4.78 is 12.7. The Morgan fingerprint density at radius 3 is 2.95 bits per heavy atom. The number of aryl methyl sites for hydroxylation is 1. The first-order valence-electron chi connectivity index (χ1n) is 6.39. The van der Waals surface area contributed by atoms with Crippen LogP contribution in [0.2, 0.25) is 0 Å². The Morgan fingerprint density at radius 2 is 2.15 bits per heavy atom. The maximum absolute atomic E-state index is 12.7. The summed E-state index contributed by atoms with van der Waals surface area (Å²) in [5.41, 5.74) is 5.58. The highest BCUT2D eigenvalue weighted by atomic mass is 19.1. The van der Waals surface area contributed by atoms with E-state index >= 15 is 0 Å². The minimum absolute atomic E-state index is 0.307. The summed E-state index contributed by atoms with van der Waals surface area (Å²) in [7, 11) is 0. The van der Waals surface area contributed by atoms with Crippen molar-refractivity contribution in [3.8, 4) is 0 Å². The van der Waals surface area contributed by atoms with Crippen molar-refractivity contribution >= 4 is 12.1 Å². The zero-order chi connectivity index (χ0) is 13.9. The summed E-state index contributed by atoms with van der Waals surface area (Å²) in [5, 5.41) is 10.7. The van der Waals surface area contributed by atoms with E-state index < -0.39 is 0 Å². The van der Waals surface area contributed by atoms with E-state index in [4.69, 9.17) is 0 Å². The van der Waals surface area contributed by atoms with Gasteiger partial charge in [-0.2, -0.15) is 10.2 Å². The first-order chi connectivity index (χ1) is 9.74. The Morgan fingerprint density at radius 1 is 1.35 bits per heavy atom. The fourth-order valence-corrected chi connectivity index (χ4v) is 2.27. The van der Waals surface area contributed by atoms with Crippen LogP contribution < -0.4 is 5.43 Å². The van der Waals surface area contributed by atoms with Crippen molar-refractivity contribution in [2.45, 2.75) is 19.3 Å². The van der Waals surface area contributed by atoms with Crippen LogP contribution in [0.5, 0.6) is 0 Å². The van der Waals surface area contributed by atoms with E-state index in [9.17, 15) is 9.18 Å². The summed E-state index contributed by atoms with van der Waals surface area (Å²) in [5.74, 6) is -0.638. The fourth-order valence-electron chi connectivity index (χ4n) is 2.27. The Labute approximate surface area is 114 Å². The molecule has 0 fully saturated rings. The number of hydrazone groups is 1. The number of carbonyl (C=O) groups is 1. The molecular formula is C14H13FN4O. The van der Waals surface area contributed by atoms with Gasteiger partial charge in [0.25, 0.3) is 5.91 Å². The highest BCUT2D eigenvalue weighted by molar-refractivity contribution is 5.94. The lowest BCUT2D eigenvalue weighted by atomic mass is 10.2. The van der Waals surface area contributed by atoms with Crippen LogP contribution >= 0.6 is 0 Å². The van der Waals surface area contributed by atoms with Gasteiger partial charge in [-0.05, 0) is 37.0 Å². The lowest BCUT2D eigenvalue weighted by Crippen LogP contribution is -2.19. The molecule has 1 amide bonds. The number of rotatable bonds is 3. The van der Waals surface area contributed by atoms with Crippen molar-refractivity contribution in [3.05, 3.63) is 52.6 Å². The van der Waals surface area contributed by atoms with E-state index in [0.717, 1.165) is 30.5 Å². The van der Waals surface area contributed by atoms with E-state index in [1.165, 1.54) is 18.3 Å². The first-order valence-corrected chi connectivity index (χ1v) is 6.39. The van der Waals surface area contributed by atoms with Gasteiger partial charge in [-0.25, -0.2) is 9.82 Å². The molecule has 1 aromatic carbocycles. The number of H-pyrrole nitrogens is 1. The second kappa shape index (κ2) is 5.24. The van der Waals surface area contributed by atoms with E-state index in [2.05, 4.69) is 20.7 Å². The van der Waals surface area contributed by atoms with Crippen molar-refractivity contribution < 1.29 is 9.18 Å². The van der Waals surface area contributed by atoms with Crippen LogP contribution in [0.25, 0.3) is 0 Å². The quantitative estimate of drug-likeness (QED) is 0.660. The number of nitrogens with one attached hydrogen (secondary N) is 2. The third-order valence-corrected chi connectivity index (χ3v) is 3.27. The molecule has 0 radical (unpaired) electrons. The summed E-state index contributed by atoms with van der Waals surface area (Å²) in [6, 6.07) is 5.84. The van der Waals surface area contributed by atoms with E-state index in [1.807, 2.05) is 0 Å². The SMILES string of the molecule is O=C(NN=Cc1ccc(F)cc1)c1n[nH]c2c1CCC2. The maximum atomic E-state index is 12.7. The van der Waals surface area contributed by atoms with Crippen molar-refractivity contribution in [2.75, 3.05) is 0 Å². The molecule has 6 heteroatoms. The van der Waals surface area contributed by atoms with E-state index in [0.29, 0.717) is 11.3 Å². The summed E-state index contributed by atoms with van der Waals surface area (Å²) in [6.07, 6.45) is 4.32. The molecule has 1 aliphatic rings. The molecule has 5 nitrogen and oxygen atoms in total. The highest BCUT2D eigenvalue weighted by Crippen LogP contribution is 2.22. The van der Waals surface area contributed by atoms with E-state index in [-0.39, 0.29) is 11.7 Å². The van der Waals surface area contributed by atoms with Crippen LogP contribution in [0.15, 0.2) is 29.4 Å². The number of aromatic amines is 1. The second-order valence-electron chi connectivity index (χ2n) is 4.63. The molecule has 0 aliphatic heterocycles. The molecule has 0 bridgehead atoms. The minimum Gasteiger partial charge on any atom is -0.281 e. The van der Waals surface area contributed by atoms with Gasteiger partial charge in [0.15, 0.2) is 5.69 Å². The Hall–Kier alpha value is -2.50. The van der Waals surface area contributed by atoms with Crippen LogP contribution in [-0.4, -0.2) is 22.3 Å². The molecule has 102 valence electrons. The standard InChI is InChI=1S/C14H13FN4O/c15-10-6-4-9(5-7-10)8-16-19-14(20)13-11-2-1-3-12(11)17-18-13/h4-8H,1-3H2,(H,17,18)(H,19,20). The predicted molar refractivity (Wildman–Crippen MR) is 72.1 cm³/mol. The molecule has 0 spiro atoms. The van der Waals surface area contributed by atoms with Crippen molar-refractivity contribution in [1.82, 2.24) is 15.6 Å². The lowest BCUT2D eigenvalue weighted by Gasteiger charge is -1.98. The maximum Gasteiger partial charge on any atom is 0.292 e. The molecule has 20 heavy (non-hydrogen) atoms. The molecule has 2 N–H and O–H groups in total. The number of aromatic nitrogens is 2. The fraction of sp³-hybridized carbons (Fsp3) is 0.214. The number of fused-ring (bicyclic) bond motifs is 1. The van der Waals surface area contributed by atoms with Gasteiger partial charge in [-0.15, -0.1) is 0 Å². The zero-order valence-corrected chi connectivity index (χ0v) is 10.7. The van der Waals surface area contributed by atoms with Crippen LogP contribution in [0.3, 0.4) is 0 Å². The molecule has 1 heterocycles. The molecule has 0 unspecified atom stereocenters. The third kappa shape index (κ3) is 2.45. The number of benzene rings is 1. The van der Waals surface area contributed by atoms with Gasteiger partial charge in [-0.3, -0.25) is 9.89 Å². The smallest absolute Gasteiger partial charge is 0.281 e. The summed E-state index contributed by atoms with van der Waals surface area (Å²) in [6.45, 7) is 0. The normalized spacial score (nSPS) is 13.7. The van der Waals surface area contributed by atoms with Gasteiger partial charge in [0.05, 0.1) is 6.21 Å². The Bertz CT molecular complexity index is 660. The molecule has 2 aromatic rings. The molecule has 3 rings (SSSR count). The molecular weight excluding hydrogens is 259 g/mol. The van der Waals surface area contributed by atoms with Gasteiger partial charge in [0.1, 0.15) is 5.82 Å². The minimum atomic E-state index is -0.331. The second-order valence-corrected chi connectivity index (χ2v) is 4.63. The lowest BCUT2D eigenvalue weighted by molar-refractivity contribution is 0.0949. The van der Waals surface area contributed by atoms with Crippen molar-refractivity contribution in [2.24, 2.45) is 5.10 Å². The van der Waals surface area contributed by atoms with Gasteiger partial charge in [0, 0.05) is 11.3 Å². The largest absolute Gasteiger partial charge is 0.292 e. The number of halogens is 1. The summed E-state index contributed by atoms with van der Waals surface area (Å²) in [4.78, 5) is 11.9. The molecule has 0 saturated carbocycles. The zero-order valence-electron chi connectivity index (χ0n) is 10.7. The van der Waals surface area contributed by atoms with Crippen LogP contribution in [0, 0.1) is 5.82 Å². The first kappa shape index (κ1) is 12.5. The predicted octanol–water partition coefficient (Wildman–Crippen LogP) is 1.80. The van der Waals surface area contributed by atoms with Gasteiger partial charge < -0.3 is 0 Å². The average molecular weight is 272 g/mol. The molecule has 0 saturated heterocycles. The van der Waals surface area contributed by atoms with Crippen molar-refractivity contribution in [1.29, 1.82) is 0 Å². The number of nitrogens with zero attached hydrogens (tertiary/aromatic N) is 2. The number of hydrogen-bond acceptors (Lipinski definition) is 3. The Kier molecular flexibility index (Phi) is 3.28. The monoisotopic (exact) mass is 272 g/mol. The third-order valence-electron chi connectivity index (χ3n) is 3.27. The van der Waals surface area contributed by atoms with Gasteiger partial charge in [-0.1, -0.05) is 12.1 Å². The van der Waals surface area contributed by atoms with Gasteiger partial charge >= 0.3 is 0 Å². The molecule has 0 atom stereocenters. The van der Waals surface area contributed by atoms with E-state index in [1.54, 1.807) is 12.1 Å². The average Bonchev–Trinajstić information content (AvgIpc) is 3.03. The molecule has 1 aromatic heterocycles. The summed E-state index contributed by atoms with van der Waals surface area (Å²) >= 11 is 0. The van der Waals surface area contributed by atoms with Crippen LogP contribution in [0.1, 0.15) is 33.7 Å². The van der Waals surface area contributed by atoms with Crippen LogP contribution in [0.4, 0.5) is 4.39 Å². The number of carbonyl (C=O) groups excluding carboxylic acids is 1. The van der Waals surface area contributed by atoms with Crippen molar-refractivity contribution in [3.63, 3.8) is 0 Å². The Balaban J connectivity index is 1.66. The van der Waals surface area contributed by atoms with Crippen LogP contribution in [-0.2, 0) is 12.8 Å². The van der Waals surface area contributed by atoms with Gasteiger partial charge in [0.2, 0.25) is 0 Å². The molecule has 1 aliphatic carbocycles. The topological polar surface area (TPSA) is 70.1 Å². The number of hydrogen-bond donors (Lipinski definition) is 2. The number of amides is 1.